The van der Waals surface area contributed by atoms with E-state index in [-0.39, 0.29) is 29.5 Å². The molecule has 0 aromatic rings. The second kappa shape index (κ2) is 3.69. The Kier molecular flexibility index (Phi) is 2.69. The van der Waals surface area contributed by atoms with Crippen molar-refractivity contribution in [1.82, 2.24) is 10.9 Å². The molecule has 0 unspecified atom stereocenters. The zero-order valence-electron chi connectivity index (χ0n) is 7.30. The highest BCUT2D eigenvalue weighted by Gasteiger charge is 2.42. The van der Waals surface area contributed by atoms with Crippen LogP contribution in [0.5, 0.6) is 0 Å². The predicted octanol–water partition coefficient (Wildman–Crippen LogP) is -1.70. The van der Waals surface area contributed by atoms with Gasteiger partial charge >= 0.3 is 0 Å². The molecule has 0 aromatic carbocycles. The highest BCUT2D eigenvalue weighted by Crippen LogP contribution is 2.33. The minimum Gasteiger partial charge on any atom is -0.380 e. The van der Waals surface area contributed by atoms with Crippen LogP contribution >= 0.6 is 11.8 Å². The topological polar surface area (TPSA) is 90.8 Å². The number of sulfone groups is 1. The van der Waals surface area contributed by atoms with Crippen LogP contribution in [0.15, 0.2) is 4.99 Å². The number of aliphatic hydroxyl groups is 1. The Hall–Kier alpha value is -0.310. The van der Waals surface area contributed by atoms with E-state index in [1.807, 2.05) is 0 Å². The Bertz CT molecular complexity index is 353. The molecule has 2 aliphatic rings. The molecule has 0 aliphatic carbocycles. The molecular formula is C6H11N3O3S2. The molecule has 0 aromatic heterocycles. The smallest absolute Gasteiger partial charge is 0.171 e. The standard InChI is InChI=1S/C6H11N3O3S2/c10-3-7-9-6-8-4-1-14(11,12)2-5(4)13-6/h4-5,7,10H,1-3H2,(H,8,9)/t4-,5-/m0/s1. The van der Waals surface area contributed by atoms with Crippen LogP contribution in [-0.2, 0) is 9.84 Å². The first-order valence-corrected chi connectivity index (χ1v) is 6.85. The van der Waals surface area contributed by atoms with Crippen LogP contribution in [0.1, 0.15) is 0 Å². The number of nitrogens with zero attached hydrogens (tertiary/aromatic N) is 1. The maximum atomic E-state index is 11.2. The van der Waals surface area contributed by atoms with Crippen molar-refractivity contribution in [3.63, 3.8) is 0 Å². The summed E-state index contributed by atoms with van der Waals surface area (Å²) < 4.78 is 22.4. The molecule has 2 rings (SSSR count). The summed E-state index contributed by atoms with van der Waals surface area (Å²) >= 11 is 1.41. The van der Waals surface area contributed by atoms with Crippen LogP contribution in [-0.4, -0.2) is 48.2 Å². The number of fused-ring (bicyclic) bond motifs is 1. The van der Waals surface area contributed by atoms with Crippen LogP contribution < -0.4 is 10.9 Å². The molecule has 0 bridgehead atoms. The first-order valence-electron chi connectivity index (χ1n) is 4.15. The van der Waals surface area contributed by atoms with Crippen LogP contribution in [0.25, 0.3) is 0 Å². The van der Waals surface area contributed by atoms with E-state index in [1.54, 1.807) is 0 Å². The van der Waals surface area contributed by atoms with Gasteiger partial charge in [0.15, 0.2) is 15.0 Å². The number of nitrogens with one attached hydrogen (secondary N) is 2. The van der Waals surface area contributed by atoms with Crippen LogP contribution in [0.2, 0.25) is 0 Å². The van der Waals surface area contributed by atoms with E-state index in [4.69, 9.17) is 5.11 Å². The summed E-state index contributed by atoms with van der Waals surface area (Å²) in [5.74, 6) is 0.352. The van der Waals surface area contributed by atoms with Gasteiger partial charge in [-0.15, -0.1) is 0 Å². The Morgan fingerprint density at radius 3 is 3.00 bits per heavy atom. The number of hydrogen-bond acceptors (Lipinski definition) is 7. The van der Waals surface area contributed by atoms with Crippen molar-refractivity contribution in [3.8, 4) is 0 Å². The second-order valence-electron chi connectivity index (χ2n) is 3.19. The second-order valence-corrected chi connectivity index (χ2v) is 6.58. The Morgan fingerprint density at radius 2 is 2.36 bits per heavy atom. The summed E-state index contributed by atoms with van der Waals surface area (Å²) in [6.07, 6.45) is 0. The van der Waals surface area contributed by atoms with Crippen LogP contribution in [0.4, 0.5) is 0 Å². The monoisotopic (exact) mass is 237 g/mol. The number of thioether (sulfide) groups is 1. The van der Waals surface area contributed by atoms with Gasteiger partial charge in [-0.05, 0) is 0 Å². The molecule has 0 saturated carbocycles. The summed E-state index contributed by atoms with van der Waals surface area (Å²) in [6, 6.07) is -0.118. The highest BCUT2D eigenvalue weighted by atomic mass is 32.2. The van der Waals surface area contributed by atoms with Crippen molar-refractivity contribution >= 4 is 26.8 Å². The number of aliphatic hydroxyl groups excluding tert-OH is 1. The molecule has 0 radical (unpaired) electrons. The van der Waals surface area contributed by atoms with Gasteiger partial charge in [0.25, 0.3) is 0 Å². The molecule has 3 N–H and O–H groups in total. The lowest BCUT2D eigenvalue weighted by atomic mass is 10.3. The summed E-state index contributed by atoms with van der Waals surface area (Å²) in [7, 11) is -2.87. The van der Waals surface area contributed by atoms with Crippen LogP contribution in [0.3, 0.4) is 0 Å². The summed E-state index contributed by atoms with van der Waals surface area (Å²) in [4.78, 5) is 4.20. The van der Waals surface area contributed by atoms with Crippen molar-refractivity contribution in [2.24, 2.45) is 4.99 Å². The summed E-state index contributed by atoms with van der Waals surface area (Å²) in [6.45, 7) is -0.187. The minimum atomic E-state index is -2.87. The van der Waals surface area contributed by atoms with Gasteiger partial charge in [0.1, 0.15) is 6.73 Å². The first-order chi connectivity index (χ1) is 6.61. The first kappa shape index (κ1) is 10.2. The van der Waals surface area contributed by atoms with Gasteiger partial charge in [-0.25, -0.2) is 13.8 Å². The fourth-order valence-corrected chi connectivity index (χ4v) is 5.16. The molecular weight excluding hydrogens is 226 g/mol. The van der Waals surface area contributed by atoms with Gasteiger partial charge in [-0.3, -0.25) is 10.4 Å². The molecule has 6 nitrogen and oxygen atoms in total. The Balaban J connectivity index is 1.98. The Morgan fingerprint density at radius 1 is 1.57 bits per heavy atom. The van der Waals surface area contributed by atoms with Gasteiger partial charge in [0.2, 0.25) is 0 Å². The average Bonchev–Trinajstić information content (AvgIpc) is 2.53. The molecule has 1 saturated heterocycles. The van der Waals surface area contributed by atoms with E-state index in [0.29, 0.717) is 5.17 Å². The maximum absolute atomic E-state index is 11.2. The lowest BCUT2D eigenvalue weighted by molar-refractivity contribution is 0.252. The minimum absolute atomic E-state index is 0.0444. The number of aliphatic imine (C=N–C) groups is 1. The van der Waals surface area contributed by atoms with E-state index in [9.17, 15) is 8.42 Å². The van der Waals surface area contributed by atoms with Gasteiger partial charge in [-0.2, -0.15) is 0 Å². The number of hydrazine groups is 1. The average molecular weight is 237 g/mol. The number of rotatable bonds is 2. The number of hydrogen-bond donors (Lipinski definition) is 3. The van der Waals surface area contributed by atoms with Crippen molar-refractivity contribution < 1.29 is 13.5 Å². The van der Waals surface area contributed by atoms with Gasteiger partial charge in [0.05, 0.1) is 17.5 Å². The molecule has 0 spiro atoms. The van der Waals surface area contributed by atoms with Gasteiger partial charge < -0.3 is 5.11 Å². The summed E-state index contributed by atoms with van der Waals surface area (Å²) in [5, 5.41) is 9.18. The van der Waals surface area contributed by atoms with Crippen molar-refractivity contribution in [2.75, 3.05) is 18.2 Å². The van der Waals surface area contributed by atoms with Gasteiger partial charge in [-0.1, -0.05) is 11.8 Å². The van der Waals surface area contributed by atoms with Crippen molar-refractivity contribution in [3.05, 3.63) is 0 Å². The van der Waals surface area contributed by atoms with E-state index in [0.717, 1.165) is 0 Å². The molecule has 14 heavy (non-hydrogen) atoms. The number of amidine groups is 1. The molecule has 80 valence electrons. The molecule has 2 aliphatic heterocycles. The maximum Gasteiger partial charge on any atom is 0.171 e. The Labute approximate surface area is 86.1 Å². The zero-order valence-corrected chi connectivity index (χ0v) is 8.94. The fourth-order valence-electron chi connectivity index (χ4n) is 1.53. The third kappa shape index (κ3) is 2.02. The van der Waals surface area contributed by atoms with Crippen molar-refractivity contribution in [1.29, 1.82) is 0 Å². The molecule has 8 heteroatoms. The van der Waals surface area contributed by atoms with E-state index < -0.39 is 9.84 Å². The quantitative estimate of drug-likeness (QED) is 0.392. The van der Waals surface area contributed by atoms with E-state index in [1.165, 1.54) is 11.8 Å². The molecule has 2 atom stereocenters. The fraction of sp³-hybridized carbons (Fsp3) is 0.833. The molecule has 0 amide bonds. The summed E-state index contributed by atoms with van der Waals surface area (Å²) in [5.41, 5.74) is 5.21. The van der Waals surface area contributed by atoms with Crippen LogP contribution in [0, 0.1) is 0 Å². The van der Waals surface area contributed by atoms with E-state index >= 15 is 0 Å². The zero-order chi connectivity index (χ0) is 10.2. The third-order valence-electron chi connectivity index (χ3n) is 2.09. The SMILES string of the molecule is O=S1(=O)C[C@@H]2N=C(NNCO)S[C@H]2C1. The predicted molar refractivity (Wildman–Crippen MR) is 54.6 cm³/mol. The van der Waals surface area contributed by atoms with Crippen molar-refractivity contribution in [2.45, 2.75) is 11.3 Å². The normalized spacial score (nSPS) is 33.9. The molecule has 1 fully saturated rings. The van der Waals surface area contributed by atoms with E-state index in [2.05, 4.69) is 15.8 Å². The van der Waals surface area contributed by atoms with Gasteiger partial charge in [0, 0.05) is 5.25 Å². The molecule has 2 heterocycles. The lowest BCUT2D eigenvalue weighted by Gasteiger charge is -2.05. The third-order valence-corrected chi connectivity index (χ3v) is 5.23. The highest BCUT2D eigenvalue weighted by molar-refractivity contribution is 8.15. The largest absolute Gasteiger partial charge is 0.380 e. The lowest BCUT2D eigenvalue weighted by Crippen LogP contribution is -2.36.